The van der Waals surface area contributed by atoms with Gasteiger partial charge in [0.1, 0.15) is 0 Å². The van der Waals surface area contributed by atoms with Crippen LogP contribution in [0.25, 0.3) is 0 Å². The average molecular weight is 227 g/mol. The molecule has 16 heavy (non-hydrogen) atoms. The number of piperazine rings is 1. The topological polar surface area (TPSA) is 35.6 Å². The van der Waals surface area contributed by atoms with Crippen LogP contribution in [0.2, 0.25) is 0 Å². The minimum Gasteiger partial charge on any atom is -0.335 e. The Hall–Kier alpha value is -0.610. The van der Waals surface area contributed by atoms with E-state index < -0.39 is 0 Å². The number of carbonyl (C=O) groups is 1. The SMILES string of the molecule is CNCCC1CN(C(C)(C)C)C(=O)CN1C. The molecule has 0 radical (unpaired) electrons. The lowest BCUT2D eigenvalue weighted by Gasteiger charge is -2.45. The summed E-state index contributed by atoms with van der Waals surface area (Å²) in [7, 11) is 4.01. The van der Waals surface area contributed by atoms with Crippen molar-refractivity contribution in [2.45, 2.75) is 38.8 Å². The summed E-state index contributed by atoms with van der Waals surface area (Å²) in [5.41, 5.74) is -0.0593. The third kappa shape index (κ3) is 3.19. The van der Waals surface area contributed by atoms with E-state index in [9.17, 15) is 4.79 Å². The van der Waals surface area contributed by atoms with E-state index in [0.717, 1.165) is 19.5 Å². The molecule has 1 fully saturated rings. The Bertz CT molecular complexity index is 247. The van der Waals surface area contributed by atoms with Crippen LogP contribution in [0, 0.1) is 0 Å². The van der Waals surface area contributed by atoms with Crippen molar-refractivity contribution >= 4 is 5.91 Å². The Morgan fingerprint density at radius 1 is 1.44 bits per heavy atom. The van der Waals surface area contributed by atoms with Gasteiger partial charge in [-0.25, -0.2) is 0 Å². The van der Waals surface area contributed by atoms with Crippen LogP contribution in [-0.2, 0) is 4.79 Å². The highest BCUT2D eigenvalue weighted by Crippen LogP contribution is 2.20. The Kier molecular flexibility index (Phi) is 4.33. The third-order valence-electron chi connectivity index (χ3n) is 3.24. The summed E-state index contributed by atoms with van der Waals surface area (Å²) < 4.78 is 0. The van der Waals surface area contributed by atoms with E-state index in [1.165, 1.54) is 0 Å². The zero-order valence-corrected chi connectivity index (χ0v) is 11.2. The van der Waals surface area contributed by atoms with Crippen LogP contribution in [-0.4, -0.2) is 61.0 Å². The molecule has 1 atom stereocenters. The third-order valence-corrected chi connectivity index (χ3v) is 3.24. The molecule has 1 N–H and O–H groups in total. The standard InChI is InChI=1S/C12H25N3O/c1-12(2,3)15-8-10(6-7-13-4)14(5)9-11(15)16/h10,13H,6-9H2,1-5H3. The van der Waals surface area contributed by atoms with Crippen molar-refractivity contribution in [1.29, 1.82) is 0 Å². The molecule has 0 aromatic rings. The van der Waals surface area contributed by atoms with E-state index in [0.29, 0.717) is 12.6 Å². The normalized spacial score (nSPS) is 23.9. The van der Waals surface area contributed by atoms with Gasteiger partial charge in [0, 0.05) is 18.1 Å². The molecule has 4 heteroatoms. The molecule has 1 aliphatic rings. The summed E-state index contributed by atoms with van der Waals surface area (Å²) in [6.45, 7) is 8.70. The van der Waals surface area contributed by atoms with Gasteiger partial charge in [-0.2, -0.15) is 0 Å². The number of rotatable bonds is 3. The van der Waals surface area contributed by atoms with Crippen LogP contribution in [0.1, 0.15) is 27.2 Å². The second-order valence-electron chi connectivity index (χ2n) is 5.64. The van der Waals surface area contributed by atoms with Gasteiger partial charge in [0.15, 0.2) is 0 Å². The fourth-order valence-corrected chi connectivity index (χ4v) is 2.15. The average Bonchev–Trinajstić information content (AvgIpc) is 2.14. The van der Waals surface area contributed by atoms with Gasteiger partial charge in [0.25, 0.3) is 0 Å². The number of hydrogen-bond acceptors (Lipinski definition) is 3. The van der Waals surface area contributed by atoms with Crippen LogP contribution >= 0.6 is 0 Å². The van der Waals surface area contributed by atoms with Crippen molar-refractivity contribution in [3.63, 3.8) is 0 Å². The van der Waals surface area contributed by atoms with E-state index in [4.69, 9.17) is 0 Å². The second kappa shape index (κ2) is 5.15. The summed E-state index contributed by atoms with van der Waals surface area (Å²) >= 11 is 0. The highest BCUT2D eigenvalue weighted by Gasteiger charge is 2.35. The zero-order valence-electron chi connectivity index (χ0n) is 11.2. The minimum atomic E-state index is -0.0593. The minimum absolute atomic E-state index is 0.0593. The molecule has 1 saturated heterocycles. The van der Waals surface area contributed by atoms with Gasteiger partial charge in [0.2, 0.25) is 5.91 Å². The van der Waals surface area contributed by atoms with Gasteiger partial charge >= 0.3 is 0 Å². The quantitative estimate of drug-likeness (QED) is 0.764. The van der Waals surface area contributed by atoms with Gasteiger partial charge in [-0.05, 0) is 47.8 Å². The number of likely N-dealkylation sites (N-methyl/N-ethyl adjacent to an activating group) is 1. The molecular weight excluding hydrogens is 202 g/mol. The summed E-state index contributed by atoms with van der Waals surface area (Å²) in [6.07, 6.45) is 1.09. The van der Waals surface area contributed by atoms with Crippen LogP contribution in [0.15, 0.2) is 0 Å². The van der Waals surface area contributed by atoms with Crippen LogP contribution in [0.5, 0.6) is 0 Å². The molecule has 1 unspecified atom stereocenters. The number of hydrogen-bond donors (Lipinski definition) is 1. The second-order valence-corrected chi connectivity index (χ2v) is 5.64. The van der Waals surface area contributed by atoms with Crippen LogP contribution in [0.4, 0.5) is 0 Å². The summed E-state index contributed by atoms with van der Waals surface area (Å²) in [6, 6.07) is 0.476. The molecule has 1 aliphatic heterocycles. The molecular formula is C12H25N3O. The van der Waals surface area contributed by atoms with Gasteiger partial charge in [0.05, 0.1) is 6.54 Å². The molecule has 0 spiro atoms. The molecule has 0 saturated carbocycles. The lowest BCUT2D eigenvalue weighted by atomic mass is 10.0. The molecule has 0 aromatic heterocycles. The van der Waals surface area contributed by atoms with Crippen molar-refractivity contribution in [2.24, 2.45) is 0 Å². The molecule has 4 nitrogen and oxygen atoms in total. The van der Waals surface area contributed by atoms with Crippen LogP contribution < -0.4 is 5.32 Å². The Labute approximate surface area is 99.0 Å². The van der Waals surface area contributed by atoms with E-state index in [1.807, 2.05) is 19.0 Å². The summed E-state index contributed by atoms with van der Waals surface area (Å²) in [4.78, 5) is 16.1. The number of nitrogens with zero attached hydrogens (tertiary/aromatic N) is 2. The first-order chi connectivity index (χ1) is 7.36. The van der Waals surface area contributed by atoms with Gasteiger partial charge in [-0.3, -0.25) is 9.69 Å². The first-order valence-electron chi connectivity index (χ1n) is 6.01. The Morgan fingerprint density at radius 2 is 2.06 bits per heavy atom. The highest BCUT2D eigenvalue weighted by molar-refractivity contribution is 5.79. The van der Waals surface area contributed by atoms with E-state index in [-0.39, 0.29) is 11.4 Å². The maximum absolute atomic E-state index is 11.9. The van der Waals surface area contributed by atoms with Crippen molar-refractivity contribution < 1.29 is 4.79 Å². The molecule has 1 heterocycles. The monoisotopic (exact) mass is 227 g/mol. The lowest BCUT2D eigenvalue weighted by Crippen LogP contribution is -2.60. The van der Waals surface area contributed by atoms with Crippen molar-refractivity contribution in [3.05, 3.63) is 0 Å². The first-order valence-corrected chi connectivity index (χ1v) is 6.01. The smallest absolute Gasteiger partial charge is 0.237 e. The lowest BCUT2D eigenvalue weighted by molar-refractivity contribution is -0.143. The maximum atomic E-state index is 11.9. The number of amides is 1. The maximum Gasteiger partial charge on any atom is 0.237 e. The van der Waals surface area contributed by atoms with Gasteiger partial charge in [-0.1, -0.05) is 0 Å². The molecule has 1 rings (SSSR count). The van der Waals surface area contributed by atoms with Gasteiger partial charge < -0.3 is 10.2 Å². The summed E-state index contributed by atoms with van der Waals surface area (Å²) in [5, 5.41) is 3.17. The highest BCUT2D eigenvalue weighted by atomic mass is 16.2. The fourth-order valence-electron chi connectivity index (χ4n) is 2.15. The molecule has 1 amide bonds. The molecule has 0 bridgehead atoms. The fraction of sp³-hybridized carbons (Fsp3) is 0.917. The largest absolute Gasteiger partial charge is 0.335 e. The van der Waals surface area contributed by atoms with Gasteiger partial charge in [-0.15, -0.1) is 0 Å². The van der Waals surface area contributed by atoms with E-state index >= 15 is 0 Å². The van der Waals surface area contributed by atoms with E-state index in [2.05, 4.69) is 31.0 Å². The van der Waals surface area contributed by atoms with Crippen molar-refractivity contribution in [1.82, 2.24) is 15.1 Å². The Balaban J connectivity index is 2.65. The molecule has 0 aromatic carbocycles. The van der Waals surface area contributed by atoms with E-state index in [1.54, 1.807) is 0 Å². The van der Waals surface area contributed by atoms with Crippen LogP contribution in [0.3, 0.4) is 0 Å². The number of carbonyl (C=O) groups excluding carboxylic acids is 1. The predicted molar refractivity (Wildman–Crippen MR) is 66.4 cm³/mol. The predicted octanol–water partition coefficient (Wildman–Crippen LogP) is 0.537. The zero-order chi connectivity index (χ0) is 12.3. The Morgan fingerprint density at radius 3 is 2.56 bits per heavy atom. The molecule has 94 valence electrons. The number of nitrogens with one attached hydrogen (secondary N) is 1. The first kappa shape index (κ1) is 13.5. The molecule has 0 aliphatic carbocycles. The summed E-state index contributed by atoms with van der Waals surface area (Å²) in [5.74, 6) is 0.246. The van der Waals surface area contributed by atoms with Crippen molar-refractivity contribution in [2.75, 3.05) is 33.7 Å². The van der Waals surface area contributed by atoms with Crippen molar-refractivity contribution in [3.8, 4) is 0 Å².